The highest BCUT2D eigenvalue weighted by Crippen LogP contribution is 2.18. The van der Waals surface area contributed by atoms with E-state index in [1.807, 2.05) is 12.1 Å². The molecule has 23 heavy (non-hydrogen) atoms. The second kappa shape index (κ2) is 7.51. The molecule has 1 aliphatic heterocycles. The Morgan fingerprint density at radius 2 is 1.74 bits per heavy atom. The van der Waals surface area contributed by atoms with Crippen LogP contribution in [0, 0.1) is 6.92 Å². The van der Waals surface area contributed by atoms with Crippen molar-refractivity contribution < 1.29 is 0 Å². The third-order valence-electron chi connectivity index (χ3n) is 4.63. The molecular weight excluding hydrogens is 282 g/mol. The van der Waals surface area contributed by atoms with Gasteiger partial charge in [0.15, 0.2) is 0 Å². The van der Waals surface area contributed by atoms with Gasteiger partial charge >= 0.3 is 0 Å². The third-order valence-corrected chi connectivity index (χ3v) is 4.63. The molecule has 0 saturated carbocycles. The van der Waals surface area contributed by atoms with E-state index in [-0.39, 0.29) is 0 Å². The summed E-state index contributed by atoms with van der Waals surface area (Å²) in [6.07, 6.45) is 2.32. The number of benzene rings is 2. The number of hydrogen-bond donors (Lipinski definition) is 1. The van der Waals surface area contributed by atoms with Crippen LogP contribution in [0.3, 0.4) is 0 Å². The summed E-state index contributed by atoms with van der Waals surface area (Å²) in [5, 5.41) is 0. The third kappa shape index (κ3) is 4.49. The molecule has 0 amide bonds. The molecule has 3 heteroatoms. The van der Waals surface area contributed by atoms with Crippen LogP contribution in [0.1, 0.15) is 17.5 Å². The molecule has 0 radical (unpaired) electrons. The largest absolute Gasteiger partial charge is 0.399 e. The van der Waals surface area contributed by atoms with Crippen molar-refractivity contribution in [2.75, 3.05) is 43.4 Å². The Morgan fingerprint density at radius 1 is 0.957 bits per heavy atom. The van der Waals surface area contributed by atoms with E-state index in [9.17, 15) is 0 Å². The van der Waals surface area contributed by atoms with Crippen LogP contribution in [0.15, 0.2) is 48.5 Å². The molecular formula is C20H27N3. The molecule has 1 aliphatic rings. The van der Waals surface area contributed by atoms with Crippen molar-refractivity contribution in [2.24, 2.45) is 0 Å². The lowest BCUT2D eigenvalue weighted by Gasteiger charge is -2.36. The van der Waals surface area contributed by atoms with E-state index in [1.165, 1.54) is 29.8 Å². The summed E-state index contributed by atoms with van der Waals surface area (Å²) >= 11 is 0. The molecule has 0 spiro atoms. The first-order valence-corrected chi connectivity index (χ1v) is 8.59. The van der Waals surface area contributed by atoms with Gasteiger partial charge in [-0.15, -0.1) is 0 Å². The first-order chi connectivity index (χ1) is 11.2. The fourth-order valence-electron chi connectivity index (χ4n) is 3.31. The topological polar surface area (TPSA) is 32.5 Å². The Kier molecular flexibility index (Phi) is 5.19. The van der Waals surface area contributed by atoms with Gasteiger partial charge < -0.3 is 10.6 Å². The highest BCUT2D eigenvalue weighted by atomic mass is 15.3. The lowest BCUT2D eigenvalue weighted by Crippen LogP contribution is -2.46. The van der Waals surface area contributed by atoms with Crippen molar-refractivity contribution in [1.29, 1.82) is 0 Å². The van der Waals surface area contributed by atoms with Gasteiger partial charge in [0.1, 0.15) is 0 Å². The molecule has 2 aromatic rings. The molecule has 1 heterocycles. The summed E-state index contributed by atoms with van der Waals surface area (Å²) in [6, 6.07) is 17.1. The van der Waals surface area contributed by atoms with Crippen LogP contribution in [0.25, 0.3) is 0 Å². The summed E-state index contributed by atoms with van der Waals surface area (Å²) in [6.45, 7) is 7.91. The van der Waals surface area contributed by atoms with Crippen LogP contribution in [0.2, 0.25) is 0 Å². The second-order valence-electron chi connectivity index (χ2n) is 6.52. The summed E-state index contributed by atoms with van der Waals surface area (Å²) in [5.41, 5.74) is 10.8. The van der Waals surface area contributed by atoms with Gasteiger partial charge in [-0.1, -0.05) is 24.3 Å². The monoisotopic (exact) mass is 309 g/mol. The van der Waals surface area contributed by atoms with Crippen LogP contribution in [-0.2, 0) is 6.42 Å². The molecule has 2 aromatic carbocycles. The van der Waals surface area contributed by atoms with Crippen LogP contribution in [0.5, 0.6) is 0 Å². The second-order valence-corrected chi connectivity index (χ2v) is 6.52. The minimum Gasteiger partial charge on any atom is -0.399 e. The lowest BCUT2D eigenvalue weighted by molar-refractivity contribution is 0.255. The van der Waals surface area contributed by atoms with Crippen molar-refractivity contribution in [2.45, 2.75) is 19.8 Å². The summed E-state index contributed by atoms with van der Waals surface area (Å²) in [7, 11) is 0. The van der Waals surface area contributed by atoms with Crippen LogP contribution >= 0.6 is 0 Å². The van der Waals surface area contributed by atoms with Crippen molar-refractivity contribution in [3.05, 3.63) is 59.7 Å². The van der Waals surface area contributed by atoms with Crippen molar-refractivity contribution in [3.63, 3.8) is 0 Å². The molecule has 0 aliphatic carbocycles. The van der Waals surface area contributed by atoms with Gasteiger partial charge in [-0.2, -0.15) is 0 Å². The number of nitrogens with two attached hydrogens (primary N) is 1. The van der Waals surface area contributed by atoms with Crippen LogP contribution in [-0.4, -0.2) is 37.6 Å². The number of rotatable bonds is 5. The molecule has 122 valence electrons. The minimum absolute atomic E-state index is 0.870. The van der Waals surface area contributed by atoms with Gasteiger partial charge in [0, 0.05) is 37.6 Å². The number of aryl methyl sites for hydroxylation is 2. The summed E-state index contributed by atoms with van der Waals surface area (Å²) in [4.78, 5) is 5.08. The van der Waals surface area contributed by atoms with E-state index >= 15 is 0 Å². The maximum atomic E-state index is 5.84. The van der Waals surface area contributed by atoms with Gasteiger partial charge in [0.25, 0.3) is 0 Å². The molecule has 3 rings (SSSR count). The van der Waals surface area contributed by atoms with Crippen molar-refractivity contribution in [1.82, 2.24) is 4.90 Å². The predicted molar refractivity (Wildman–Crippen MR) is 99.0 cm³/mol. The molecule has 3 nitrogen and oxygen atoms in total. The molecule has 1 fully saturated rings. The number of hydrogen-bond acceptors (Lipinski definition) is 3. The van der Waals surface area contributed by atoms with Crippen molar-refractivity contribution in [3.8, 4) is 0 Å². The maximum Gasteiger partial charge on any atom is 0.0369 e. The van der Waals surface area contributed by atoms with E-state index in [2.05, 4.69) is 53.1 Å². The van der Waals surface area contributed by atoms with Crippen LogP contribution in [0.4, 0.5) is 11.4 Å². The van der Waals surface area contributed by atoms with Gasteiger partial charge in [-0.25, -0.2) is 0 Å². The van der Waals surface area contributed by atoms with E-state index in [0.29, 0.717) is 0 Å². The Hall–Kier alpha value is -2.00. The Labute approximate surface area is 139 Å². The maximum absolute atomic E-state index is 5.84. The van der Waals surface area contributed by atoms with Gasteiger partial charge in [0.05, 0.1) is 0 Å². The number of anilines is 2. The zero-order valence-corrected chi connectivity index (χ0v) is 14.0. The Bertz CT molecular complexity index is 628. The average Bonchev–Trinajstić information content (AvgIpc) is 2.56. The van der Waals surface area contributed by atoms with E-state index in [4.69, 9.17) is 5.73 Å². The zero-order chi connectivity index (χ0) is 16.1. The summed E-state index contributed by atoms with van der Waals surface area (Å²) in [5.74, 6) is 0. The highest BCUT2D eigenvalue weighted by molar-refractivity contribution is 5.48. The zero-order valence-electron chi connectivity index (χ0n) is 14.0. The Balaban J connectivity index is 1.42. The van der Waals surface area contributed by atoms with Gasteiger partial charge in [0.2, 0.25) is 0 Å². The standard InChI is InChI=1S/C20H27N3/c1-17-5-2-9-20(15-17)23-13-11-22(12-14-23)10-4-7-18-6-3-8-19(21)16-18/h2-3,5-6,8-9,15-16H,4,7,10-14,21H2,1H3. The Morgan fingerprint density at radius 3 is 2.48 bits per heavy atom. The molecule has 0 unspecified atom stereocenters. The number of piperazine rings is 1. The fraction of sp³-hybridized carbons (Fsp3) is 0.400. The minimum atomic E-state index is 0.870. The molecule has 1 saturated heterocycles. The molecule has 0 bridgehead atoms. The lowest BCUT2D eigenvalue weighted by atomic mass is 10.1. The SMILES string of the molecule is Cc1cccc(N2CCN(CCCc3cccc(N)c3)CC2)c1. The molecule has 0 atom stereocenters. The first-order valence-electron chi connectivity index (χ1n) is 8.59. The van der Waals surface area contributed by atoms with Gasteiger partial charge in [-0.05, 0) is 61.7 Å². The smallest absolute Gasteiger partial charge is 0.0369 e. The van der Waals surface area contributed by atoms with E-state index in [1.54, 1.807) is 0 Å². The average molecular weight is 309 g/mol. The fourth-order valence-corrected chi connectivity index (χ4v) is 3.31. The first kappa shape index (κ1) is 15.9. The quantitative estimate of drug-likeness (QED) is 0.860. The van der Waals surface area contributed by atoms with E-state index in [0.717, 1.165) is 38.3 Å². The van der Waals surface area contributed by atoms with Crippen molar-refractivity contribution >= 4 is 11.4 Å². The number of nitrogen functional groups attached to an aromatic ring is 1. The highest BCUT2D eigenvalue weighted by Gasteiger charge is 2.16. The molecule has 0 aromatic heterocycles. The van der Waals surface area contributed by atoms with Gasteiger partial charge in [-0.3, -0.25) is 4.90 Å². The van der Waals surface area contributed by atoms with E-state index < -0.39 is 0 Å². The molecule has 2 N–H and O–H groups in total. The normalized spacial score (nSPS) is 15.8. The van der Waals surface area contributed by atoms with Crippen LogP contribution < -0.4 is 10.6 Å². The number of nitrogens with zero attached hydrogens (tertiary/aromatic N) is 2. The summed E-state index contributed by atoms with van der Waals surface area (Å²) < 4.78 is 0. The predicted octanol–water partition coefficient (Wildman–Crippen LogP) is 3.33.